The smallest absolute Gasteiger partial charge is 0.326 e. The van der Waals surface area contributed by atoms with E-state index in [1.807, 2.05) is 49.4 Å². The SMILES string of the molecule is CCCC[C@]1(C)NC(=O)N(CC(=O)OCC(=O)c2ccc(-c3ccccc3)cc2)C1=O. The Hall–Kier alpha value is -3.48. The molecule has 0 saturated carbocycles. The Morgan fingerprint density at radius 3 is 2.29 bits per heavy atom. The lowest BCUT2D eigenvalue weighted by molar-refractivity contribution is -0.146. The molecule has 0 spiro atoms. The second-order valence-electron chi connectivity index (χ2n) is 7.78. The zero-order valence-corrected chi connectivity index (χ0v) is 17.7. The van der Waals surface area contributed by atoms with Crippen LogP contribution < -0.4 is 5.32 Å². The van der Waals surface area contributed by atoms with Crippen molar-refractivity contribution in [2.24, 2.45) is 0 Å². The third-order valence-corrected chi connectivity index (χ3v) is 5.34. The number of rotatable bonds is 9. The van der Waals surface area contributed by atoms with Crippen molar-refractivity contribution in [3.63, 3.8) is 0 Å². The van der Waals surface area contributed by atoms with Gasteiger partial charge in [-0.3, -0.25) is 19.3 Å². The van der Waals surface area contributed by atoms with Crippen LogP contribution in [0.4, 0.5) is 4.79 Å². The van der Waals surface area contributed by atoms with Gasteiger partial charge in [0, 0.05) is 5.56 Å². The highest BCUT2D eigenvalue weighted by atomic mass is 16.5. The van der Waals surface area contributed by atoms with E-state index in [-0.39, 0.29) is 5.78 Å². The van der Waals surface area contributed by atoms with Gasteiger partial charge in [0.15, 0.2) is 12.4 Å². The summed E-state index contributed by atoms with van der Waals surface area (Å²) in [6, 6.07) is 16.1. The Bertz CT molecular complexity index is 971. The van der Waals surface area contributed by atoms with Gasteiger partial charge in [-0.25, -0.2) is 4.79 Å². The van der Waals surface area contributed by atoms with E-state index < -0.39 is 36.6 Å². The Labute approximate surface area is 181 Å². The molecule has 2 aromatic rings. The Balaban J connectivity index is 1.53. The standard InChI is InChI=1S/C24H26N2O5/c1-3-4-14-24(2)22(29)26(23(30)25-24)15-21(28)31-16-20(27)19-12-10-18(11-13-19)17-8-6-5-7-9-17/h5-13H,3-4,14-16H2,1-2H3,(H,25,30)/t24-/m0/s1. The topological polar surface area (TPSA) is 92.8 Å². The fraction of sp³-hybridized carbons (Fsp3) is 0.333. The molecule has 1 heterocycles. The van der Waals surface area contributed by atoms with Gasteiger partial charge in [-0.15, -0.1) is 0 Å². The number of nitrogens with zero attached hydrogens (tertiary/aromatic N) is 1. The molecular formula is C24H26N2O5. The van der Waals surface area contributed by atoms with Crippen LogP contribution in [0, 0.1) is 0 Å². The molecule has 162 valence electrons. The third-order valence-electron chi connectivity index (χ3n) is 5.34. The second-order valence-corrected chi connectivity index (χ2v) is 7.78. The number of benzene rings is 2. The molecule has 1 fully saturated rings. The molecule has 0 unspecified atom stereocenters. The van der Waals surface area contributed by atoms with Crippen molar-refractivity contribution < 1.29 is 23.9 Å². The lowest BCUT2D eigenvalue weighted by atomic mass is 9.95. The quantitative estimate of drug-likeness (QED) is 0.379. The molecule has 1 aliphatic rings. The highest BCUT2D eigenvalue weighted by Gasteiger charge is 2.47. The Morgan fingerprint density at radius 1 is 1.00 bits per heavy atom. The number of imide groups is 1. The molecule has 7 nitrogen and oxygen atoms in total. The molecule has 3 rings (SSSR count). The molecule has 1 N–H and O–H groups in total. The number of esters is 1. The van der Waals surface area contributed by atoms with E-state index >= 15 is 0 Å². The number of nitrogens with one attached hydrogen (secondary N) is 1. The fourth-order valence-corrected chi connectivity index (χ4v) is 3.47. The number of hydrogen-bond donors (Lipinski definition) is 1. The molecule has 1 aliphatic heterocycles. The summed E-state index contributed by atoms with van der Waals surface area (Å²) in [5, 5.41) is 2.64. The van der Waals surface area contributed by atoms with Gasteiger partial charge in [-0.2, -0.15) is 0 Å². The van der Waals surface area contributed by atoms with E-state index in [1.54, 1.807) is 19.1 Å². The summed E-state index contributed by atoms with van der Waals surface area (Å²) in [7, 11) is 0. The highest BCUT2D eigenvalue weighted by Crippen LogP contribution is 2.23. The number of ketones is 1. The van der Waals surface area contributed by atoms with Crippen LogP contribution in [0.25, 0.3) is 11.1 Å². The van der Waals surface area contributed by atoms with Crippen molar-refractivity contribution in [3.8, 4) is 11.1 Å². The van der Waals surface area contributed by atoms with Gasteiger partial charge in [-0.1, -0.05) is 74.4 Å². The Morgan fingerprint density at radius 2 is 1.65 bits per heavy atom. The summed E-state index contributed by atoms with van der Waals surface area (Å²) in [5.74, 6) is -1.62. The summed E-state index contributed by atoms with van der Waals surface area (Å²) >= 11 is 0. The molecule has 3 amide bonds. The first-order valence-electron chi connectivity index (χ1n) is 10.3. The maximum absolute atomic E-state index is 12.6. The van der Waals surface area contributed by atoms with Gasteiger partial charge in [-0.05, 0) is 24.5 Å². The molecule has 31 heavy (non-hydrogen) atoms. The number of hydrogen-bond acceptors (Lipinski definition) is 5. The maximum Gasteiger partial charge on any atom is 0.326 e. The molecule has 1 saturated heterocycles. The number of carbonyl (C=O) groups is 4. The summed E-state index contributed by atoms with van der Waals surface area (Å²) in [5.41, 5.74) is 1.41. The van der Waals surface area contributed by atoms with Crippen molar-refractivity contribution in [1.29, 1.82) is 0 Å². The number of ether oxygens (including phenoxy) is 1. The van der Waals surface area contributed by atoms with E-state index in [0.29, 0.717) is 12.0 Å². The zero-order chi connectivity index (χ0) is 22.4. The normalized spacial score (nSPS) is 18.1. The fourth-order valence-electron chi connectivity index (χ4n) is 3.47. The maximum atomic E-state index is 12.6. The summed E-state index contributed by atoms with van der Waals surface area (Å²) in [6.45, 7) is 2.66. The minimum absolute atomic E-state index is 0.363. The molecule has 7 heteroatoms. The predicted molar refractivity (Wildman–Crippen MR) is 115 cm³/mol. The van der Waals surface area contributed by atoms with Crippen LogP contribution in [0.1, 0.15) is 43.5 Å². The molecule has 0 bridgehead atoms. The average Bonchev–Trinajstić information content (AvgIpc) is 3.00. The van der Waals surface area contributed by atoms with Gasteiger partial charge in [0.1, 0.15) is 12.1 Å². The van der Waals surface area contributed by atoms with Crippen LogP contribution in [0.2, 0.25) is 0 Å². The van der Waals surface area contributed by atoms with Crippen molar-refractivity contribution >= 4 is 23.7 Å². The van der Waals surface area contributed by atoms with Crippen LogP contribution >= 0.6 is 0 Å². The Kier molecular flexibility index (Phi) is 6.84. The van der Waals surface area contributed by atoms with Crippen LogP contribution in [0.5, 0.6) is 0 Å². The first-order chi connectivity index (χ1) is 14.8. The van der Waals surface area contributed by atoms with E-state index in [4.69, 9.17) is 4.74 Å². The second kappa shape index (κ2) is 9.55. The summed E-state index contributed by atoms with van der Waals surface area (Å²) in [6.07, 6.45) is 2.16. The lowest BCUT2D eigenvalue weighted by Crippen LogP contribution is -2.44. The summed E-state index contributed by atoms with van der Waals surface area (Å²) < 4.78 is 5.02. The van der Waals surface area contributed by atoms with Gasteiger partial charge in [0.2, 0.25) is 0 Å². The highest BCUT2D eigenvalue weighted by molar-refractivity contribution is 6.08. The van der Waals surface area contributed by atoms with Crippen molar-refractivity contribution in [2.45, 2.75) is 38.6 Å². The van der Waals surface area contributed by atoms with Gasteiger partial charge >= 0.3 is 12.0 Å². The largest absolute Gasteiger partial charge is 0.456 e. The van der Waals surface area contributed by atoms with Crippen molar-refractivity contribution in [2.75, 3.05) is 13.2 Å². The number of Topliss-reactive ketones (excluding diaryl/α,β-unsaturated/α-hetero) is 1. The molecule has 2 aromatic carbocycles. The van der Waals surface area contributed by atoms with Gasteiger partial charge < -0.3 is 10.1 Å². The molecule has 0 aliphatic carbocycles. The first-order valence-corrected chi connectivity index (χ1v) is 10.3. The molecule has 1 atom stereocenters. The number of carbonyl (C=O) groups excluding carboxylic acids is 4. The van der Waals surface area contributed by atoms with E-state index in [9.17, 15) is 19.2 Å². The minimum Gasteiger partial charge on any atom is -0.456 e. The van der Waals surface area contributed by atoms with E-state index in [0.717, 1.165) is 28.9 Å². The first kappa shape index (κ1) is 22.2. The number of unbranched alkanes of at least 4 members (excludes halogenated alkanes) is 1. The van der Waals surface area contributed by atoms with Crippen molar-refractivity contribution in [1.82, 2.24) is 10.2 Å². The number of urea groups is 1. The van der Waals surface area contributed by atoms with Gasteiger partial charge in [0.25, 0.3) is 5.91 Å². The average molecular weight is 422 g/mol. The van der Waals surface area contributed by atoms with Crippen LogP contribution in [0.3, 0.4) is 0 Å². The molecular weight excluding hydrogens is 396 g/mol. The van der Waals surface area contributed by atoms with Crippen LogP contribution in [0.15, 0.2) is 54.6 Å². The molecule has 0 radical (unpaired) electrons. The van der Waals surface area contributed by atoms with E-state index in [2.05, 4.69) is 5.32 Å². The zero-order valence-electron chi connectivity index (χ0n) is 17.7. The minimum atomic E-state index is -1.01. The predicted octanol–water partition coefficient (Wildman–Crippen LogP) is 3.58. The molecule has 0 aromatic heterocycles. The number of amides is 3. The van der Waals surface area contributed by atoms with E-state index in [1.165, 1.54) is 0 Å². The van der Waals surface area contributed by atoms with Gasteiger partial charge in [0.05, 0.1) is 0 Å². The van der Waals surface area contributed by atoms with Crippen LogP contribution in [-0.2, 0) is 14.3 Å². The monoisotopic (exact) mass is 422 g/mol. The van der Waals surface area contributed by atoms with Crippen molar-refractivity contribution in [3.05, 3.63) is 60.2 Å². The van der Waals surface area contributed by atoms with Crippen LogP contribution in [-0.4, -0.2) is 47.3 Å². The summed E-state index contributed by atoms with van der Waals surface area (Å²) in [4.78, 5) is 50.0. The third kappa shape index (κ3) is 5.17. The lowest BCUT2D eigenvalue weighted by Gasteiger charge is -2.21.